The summed E-state index contributed by atoms with van der Waals surface area (Å²) in [5.74, 6) is 3.17. The molecule has 6 aromatic heterocycles. The molecular formula is C80H53BrN12. The van der Waals surface area contributed by atoms with Crippen molar-refractivity contribution in [2.24, 2.45) is 0 Å². The minimum atomic E-state index is 0.560. The lowest BCUT2D eigenvalue weighted by Crippen LogP contribution is -2.03. The molecule has 18 aromatic rings. The summed E-state index contributed by atoms with van der Waals surface area (Å²) in [6.45, 7) is 0. The van der Waals surface area contributed by atoms with Gasteiger partial charge in [-0.1, -0.05) is 222 Å². The lowest BCUT2D eigenvalue weighted by Gasteiger charge is -2.11. The van der Waals surface area contributed by atoms with Crippen LogP contribution in [0.3, 0.4) is 0 Å². The van der Waals surface area contributed by atoms with Crippen molar-refractivity contribution in [3.8, 4) is 85.1 Å². The lowest BCUT2D eigenvalue weighted by atomic mass is 9.96. The molecule has 0 aliphatic carbocycles. The van der Waals surface area contributed by atoms with E-state index in [0.29, 0.717) is 29.2 Å². The molecule has 0 amide bonds. The topological polar surface area (TPSA) is 134 Å². The minimum Gasteiger partial charge on any atom is -0.354 e. The van der Waals surface area contributed by atoms with Gasteiger partial charge in [0.1, 0.15) is 19.0 Å². The minimum absolute atomic E-state index is 0.560. The average Bonchev–Trinajstić information content (AvgIpc) is 1.60. The highest BCUT2D eigenvalue weighted by molar-refractivity contribution is 9.10. The van der Waals surface area contributed by atoms with Gasteiger partial charge in [0.05, 0.1) is 33.1 Å². The highest BCUT2D eigenvalue weighted by atomic mass is 79.9. The van der Waals surface area contributed by atoms with Crippen LogP contribution in [0.5, 0.6) is 0 Å². The van der Waals surface area contributed by atoms with Crippen LogP contribution in [0, 0.1) is 0 Å². The summed E-state index contributed by atoms with van der Waals surface area (Å²) < 4.78 is 7.38. The molecule has 6 heterocycles. The van der Waals surface area contributed by atoms with Crippen LogP contribution >= 0.6 is 15.9 Å². The summed E-state index contributed by atoms with van der Waals surface area (Å²) in [5.41, 5.74) is 18.9. The van der Waals surface area contributed by atoms with Crippen molar-refractivity contribution in [1.82, 2.24) is 58.6 Å². The largest absolute Gasteiger partial charge is 0.354 e. The molecule has 1 N–H and O–H groups in total. The molecule has 12 aromatic carbocycles. The second-order valence-corrected chi connectivity index (χ2v) is 23.3. The second kappa shape index (κ2) is 24.6. The molecule has 440 valence electrons. The fourth-order valence-electron chi connectivity index (χ4n) is 12.1. The van der Waals surface area contributed by atoms with Crippen LogP contribution in [0.2, 0.25) is 0 Å². The normalized spacial score (nSPS) is 11.3. The zero-order valence-electron chi connectivity index (χ0n) is 49.8. The Balaban J connectivity index is 0.000000122. The number of fused-ring (bicyclic) bond motifs is 8. The van der Waals surface area contributed by atoms with Crippen LogP contribution in [0.1, 0.15) is 0 Å². The Kier molecular flexibility index (Phi) is 14.8. The molecule has 93 heavy (non-hydrogen) atoms. The average molecular weight is 1260 g/mol. The summed E-state index contributed by atoms with van der Waals surface area (Å²) in [4.78, 5) is 41.4. The van der Waals surface area contributed by atoms with Gasteiger partial charge in [-0.25, -0.2) is 34.9 Å². The molecule has 0 spiro atoms. The summed E-state index contributed by atoms with van der Waals surface area (Å²) in [6, 6.07) is 101. The molecule has 12 nitrogen and oxygen atoms in total. The number of para-hydroxylation sites is 4. The van der Waals surface area contributed by atoms with Crippen LogP contribution in [0.25, 0.3) is 151 Å². The summed E-state index contributed by atoms with van der Waals surface area (Å²) in [6.07, 6.45) is 5.38. The highest BCUT2D eigenvalue weighted by Gasteiger charge is 2.20. The molecule has 0 aliphatic rings. The van der Waals surface area contributed by atoms with E-state index in [1.165, 1.54) is 10.8 Å². The van der Waals surface area contributed by atoms with E-state index in [0.717, 1.165) is 115 Å². The lowest BCUT2D eigenvalue weighted by molar-refractivity contribution is 0.947. The molecule has 0 saturated heterocycles. The number of aromatic amines is 1. The number of benzene rings is 12. The van der Waals surface area contributed by atoms with Crippen molar-refractivity contribution in [2.75, 3.05) is 0 Å². The molecule has 18 rings (SSSR count). The third kappa shape index (κ3) is 11.1. The third-order valence-electron chi connectivity index (χ3n) is 16.5. The van der Waals surface area contributed by atoms with Gasteiger partial charge in [-0.05, 0) is 113 Å². The predicted octanol–water partition coefficient (Wildman–Crippen LogP) is 19.6. The maximum Gasteiger partial charge on any atom is 0.238 e. The van der Waals surface area contributed by atoms with Gasteiger partial charge >= 0.3 is 0 Å². The number of imidazole rings is 2. The Morgan fingerprint density at radius 3 is 1.33 bits per heavy atom. The Hall–Kier alpha value is -12.3. The monoisotopic (exact) mass is 1260 g/mol. The van der Waals surface area contributed by atoms with Crippen molar-refractivity contribution in [2.45, 2.75) is 0 Å². The van der Waals surface area contributed by atoms with Crippen molar-refractivity contribution < 1.29 is 0 Å². The van der Waals surface area contributed by atoms with Crippen LogP contribution in [-0.2, 0) is 0 Å². The Bertz CT molecular complexity index is 5580. The maximum atomic E-state index is 5.10. The first-order valence-corrected chi connectivity index (χ1v) is 31.3. The van der Waals surface area contributed by atoms with E-state index in [4.69, 9.17) is 24.9 Å². The Morgan fingerprint density at radius 2 is 0.753 bits per heavy atom. The van der Waals surface area contributed by atoms with E-state index in [9.17, 15) is 0 Å². The van der Waals surface area contributed by atoms with E-state index >= 15 is 0 Å². The third-order valence-corrected chi connectivity index (χ3v) is 17.0. The van der Waals surface area contributed by atoms with Gasteiger partial charge in [-0.15, -0.1) is 0 Å². The van der Waals surface area contributed by atoms with Crippen molar-refractivity contribution in [3.05, 3.63) is 321 Å². The number of halogens is 1. The highest BCUT2D eigenvalue weighted by Crippen LogP contribution is 2.37. The smallest absolute Gasteiger partial charge is 0.238 e. The van der Waals surface area contributed by atoms with Gasteiger partial charge < -0.3 is 4.98 Å². The standard InChI is InChI=1S/C40H26N6.C21H14BrN3.C19H13N3/c1-4-12-27(13-5-1)29-20-30(28-14-6-2-7-15-28)22-31(21-29)39-41-25-42-40(44-39)46-36-19-11-10-18-33(36)34-23-38-35(24-37(34)46)43-26-45(38)32-16-8-3-9-17-32;22-18-13-7-12-17(14-18)21-24-19(15-8-3-1-4-9-15)23-20(25-21)16-10-5-2-6-11-16;1-2-6-13(7-3-1)22-12-20-18-11-17-15(10-19(18)22)14-8-4-5-9-16(14)21-17/h1-26H;1-14H;1-12,21H. The van der Waals surface area contributed by atoms with Crippen molar-refractivity contribution in [3.63, 3.8) is 0 Å². The molecule has 0 atom stereocenters. The zero-order chi connectivity index (χ0) is 62.0. The van der Waals surface area contributed by atoms with E-state index in [2.05, 4.69) is 213 Å². The van der Waals surface area contributed by atoms with E-state index < -0.39 is 0 Å². The van der Waals surface area contributed by atoms with Crippen LogP contribution in [0.4, 0.5) is 0 Å². The van der Waals surface area contributed by atoms with E-state index in [-0.39, 0.29) is 0 Å². The number of nitrogens with one attached hydrogen (secondary N) is 1. The van der Waals surface area contributed by atoms with Gasteiger partial charge in [0.15, 0.2) is 23.3 Å². The van der Waals surface area contributed by atoms with Gasteiger partial charge in [-0.3, -0.25) is 13.7 Å². The van der Waals surface area contributed by atoms with E-state index in [1.54, 1.807) is 6.33 Å². The number of H-pyrrole nitrogens is 1. The van der Waals surface area contributed by atoms with Crippen LogP contribution in [-0.4, -0.2) is 58.6 Å². The quantitative estimate of drug-likeness (QED) is 0.151. The zero-order valence-corrected chi connectivity index (χ0v) is 51.4. The fraction of sp³-hybridized carbons (Fsp3) is 0. The molecular weight excluding hydrogens is 1210 g/mol. The van der Waals surface area contributed by atoms with Gasteiger partial charge in [0.25, 0.3) is 0 Å². The summed E-state index contributed by atoms with van der Waals surface area (Å²) in [7, 11) is 0. The molecule has 0 saturated carbocycles. The molecule has 0 bridgehead atoms. The first kappa shape index (κ1) is 56.0. The molecule has 0 fully saturated rings. The van der Waals surface area contributed by atoms with Gasteiger partial charge in [0, 0.05) is 70.7 Å². The number of rotatable bonds is 9. The maximum absolute atomic E-state index is 5.10. The van der Waals surface area contributed by atoms with Gasteiger partial charge in [0.2, 0.25) is 5.95 Å². The van der Waals surface area contributed by atoms with Crippen LogP contribution < -0.4 is 0 Å². The van der Waals surface area contributed by atoms with Crippen LogP contribution in [0.15, 0.2) is 321 Å². The molecule has 0 unspecified atom stereocenters. The number of nitrogens with zero attached hydrogens (tertiary/aromatic N) is 11. The Morgan fingerprint density at radius 1 is 0.280 bits per heavy atom. The van der Waals surface area contributed by atoms with Crippen molar-refractivity contribution in [1.29, 1.82) is 0 Å². The molecule has 0 radical (unpaired) electrons. The number of aromatic nitrogens is 12. The van der Waals surface area contributed by atoms with Crippen molar-refractivity contribution >= 4 is 81.6 Å². The first-order valence-electron chi connectivity index (χ1n) is 30.5. The second-order valence-electron chi connectivity index (χ2n) is 22.4. The van der Waals surface area contributed by atoms with E-state index in [1.807, 2.05) is 146 Å². The predicted molar refractivity (Wildman–Crippen MR) is 379 cm³/mol. The van der Waals surface area contributed by atoms with Gasteiger partial charge in [-0.2, -0.15) is 4.98 Å². The number of hydrogen-bond acceptors (Lipinski definition) is 8. The Labute approximate surface area is 542 Å². The summed E-state index contributed by atoms with van der Waals surface area (Å²) in [5, 5.41) is 4.72. The SMILES string of the molecule is Brc1cccc(-c2nc(-c3ccccc3)nc(-c3ccccc3)n2)c1.c1ccc(-c2cc(-c3ccccc3)cc(-c3ncnc(-n4c5ccccc5c5cc6c(cc54)ncn6-c4ccccc4)n3)c2)cc1.c1ccc(-n2cnc3cc4[nH]c5ccccc5c4cc32)cc1. The molecule has 13 heteroatoms. The first-order chi connectivity index (χ1) is 46.0. The fourth-order valence-corrected chi connectivity index (χ4v) is 12.5. The molecule has 0 aliphatic heterocycles. The number of hydrogen-bond donors (Lipinski definition) is 1. The summed E-state index contributed by atoms with van der Waals surface area (Å²) >= 11 is 3.52.